The Morgan fingerprint density at radius 3 is 2.41 bits per heavy atom. The molecule has 0 amide bonds. The standard InChI is InChI=1S/C12H27NO3S/c1-5-11(3)12(13-6-2)10-17(14,15)9-7-8-16-4/h11-13H,5-10H2,1-4H3. The fourth-order valence-electron chi connectivity index (χ4n) is 1.75. The lowest BCUT2D eigenvalue weighted by molar-refractivity contribution is 0.199. The fourth-order valence-corrected chi connectivity index (χ4v) is 3.47. The third-order valence-electron chi connectivity index (χ3n) is 3.03. The highest BCUT2D eigenvalue weighted by molar-refractivity contribution is 7.91. The normalized spacial score (nSPS) is 15.8. The summed E-state index contributed by atoms with van der Waals surface area (Å²) >= 11 is 0. The van der Waals surface area contributed by atoms with Crippen molar-refractivity contribution in [3.8, 4) is 0 Å². The second-order valence-electron chi connectivity index (χ2n) is 4.51. The second kappa shape index (κ2) is 8.89. The predicted octanol–water partition coefficient (Wildman–Crippen LogP) is 1.46. The molecular weight excluding hydrogens is 238 g/mol. The van der Waals surface area contributed by atoms with E-state index in [1.165, 1.54) is 0 Å². The maximum absolute atomic E-state index is 11.9. The molecule has 0 saturated carbocycles. The van der Waals surface area contributed by atoms with Crippen LogP contribution in [-0.4, -0.2) is 46.2 Å². The first-order valence-corrected chi connectivity index (χ1v) is 8.21. The van der Waals surface area contributed by atoms with Crippen molar-refractivity contribution < 1.29 is 13.2 Å². The van der Waals surface area contributed by atoms with Gasteiger partial charge in [0.2, 0.25) is 0 Å². The van der Waals surface area contributed by atoms with E-state index in [1.54, 1.807) is 7.11 Å². The van der Waals surface area contributed by atoms with Crippen molar-refractivity contribution in [1.82, 2.24) is 5.32 Å². The molecule has 0 aromatic rings. The number of ether oxygens (including phenoxy) is 1. The summed E-state index contributed by atoms with van der Waals surface area (Å²) < 4.78 is 28.7. The van der Waals surface area contributed by atoms with Crippen LogP contribution in [0, 0.1) is 5.92 Å². The molecule has 2 unspecified atom stereocenters. The first-order valence-electron chi connectivity index (χ1n) is 6.39. The molecule has 0 aromatic carbocycles. The third-order valence-corrected chi connectivity index (χ3v) is 4.81. The summed E-state index contributed by atoms with van der Waals surface area (Å²) in [6.45, 7) is 7.51. The lowest BCUT2D eigenvalue weighted by Gasteiger charge is -2.23. The minimum Gasteiger partial charge on any atom is -0.385 e. The molecule has 0 bridgehead atoms. The van der Waals surface area contributed by atoms with Gasteiger partial charge in [-0.05, 0) is 18.9 Å². The Bertz CT molecular complexity index is 277. The molecule has 104 valence electrons. The lowest BCUT2D eigenvalue weighted by Crippen LogP contribution is -2.41. The van der Waals surface area contributed by atoms with Gasteiger partial charge in [-0.3, -0.25) is 0 Å². The zero-order chi connectivity index (χ0) is 13.3. The quantitative estimate of drug-likeness (QED) is 0.608. The highest BCUT2D eigenvalue weighted by Gasteiger charge is 2.22. The molecular formula is C12H27NO3S. The van der Waals surface area contributed by atoms with Gasteiger partial charge >= 0.3 is 0 Å². The van der Waals surface area contributed by atoms with Gasteiger partial charge in [0, 0.05) is 19.8 Å². The van der Waals surface area contributed by atoms with Gasteiger partial charge in [0.15, 0.2) is 9.84 Å². The first-order chi connectivity index (χ1) is 7.96. The van der Waals surface area contributed by atoms with Gasteiger partial charge in [-0.1, -0.05) is 27.2 Å². The smallest absolute Gasteiger partial charge is 0.151 e. The Morgan fingerprint density at radius 1 is 1.29 bits per heavy atom. The molecule has 0 aliphatic carbocycles. The summed E-state index contributed by atoms with van der Waals surface area (Å²) in [6.07, 6.45) is 1.57. The van der Waals surface area contributed by atoms with E-state index in [9.17, 15) is 8.42 Å². The molecule has 0 aromatic heterocycles. The summed E-state index contributed by atoms with van der Waals surface area (Å²) in [5, 5.41) is 3.27. The SMILES string of the molecule is CCNC(CS(=O)(=O)CCCOC)C(C)CC. The monoisotopic (exact) mass is 265 g/mol. The summed E-state index contributed by atoms with van der Waals surface area (Å²) in [6, 6.07) is 0.0672. The van der Waals surface area contributed by atoms with Crippen molar-refractivity contribution in [3.63, 3.8) is 0 Å². The zero-order valence-electron chi connectivity index (χ0n) is 11.5. The van der Waals surface area contributed by atoms with Crippen molar-refractivity contribution in [2.75, 3.05) is 31.8 Å². The summed E-state index contributed by atoms with van der Waals surface area (Å²) in [7, 11) is -1.38. The predicted molar refractivity (Wildman–Crippen MR) is 72.1 cm³/mol. The second-order valence-corrected chi connectivity index (χ2v) is 6.74. The molecule has 0 spiro atoms. The van der Waals surface area contributed by atoms with Gasteiger partial charge in [0.25, 0.3) is 0 Å². The van der Waals surface area contributed by atoms with Crippen LogP contribution in [0.4, 0.5) is 0 Å². The molecule has 0 rings (SSSR count). The van der Waals surface area contributed by atoms with Crippen LogP contribution in [0.5, 0.6) is 0 Å². The third kappa shape index (κ3) is 7.73. The Morgan fingerprint density at radius 2 is 1.94 bits per heavy atom. The molecule has 2 atom stereocenters. The minimum atomic E-state index is -2.97. The Kier molecular flexibility index (Phi) is 8.82. The summed E-state index contributed by atoms with van der Waals surface area (Å²) in [4.78, 5) is 0. The highest BCUT2D eigenvalue weighted by Crippen LogP contribution is 2.11. The summed E-state index contributed by atoms with van der Waals surface area (Å²) in [5.74, 6) is 0.839. The Labute approximate surface area is 106 Å². The van der Waals surface area contributed by atoms with E-state index in [0.29, 0.717) is 18.9 Å². The number of hydrogen-bond acceptors (Lipinski definition) is 4. The largest absolute Gasteiger partial charge is 0.385 e. The molecule has 5 heteroatoms. The maximum Gasteiger partial charge on any atom is 0.151 e. The molecule has 0 radical (unpaired) electrons. The Balaban J connectivity index is 4.31. The first kappa shape index (κ1) is 16.9. The number of nitrogens with one attached hydrogen (secondary N) is 1. The minimum absolute atomic E-state index is 0.0672. The van der Waals surface area contributed by atoms with Crippen LogP contribution in [-0.2, 0) is 14.6 Å². The van der Waals surface area contributed by atoms with Gasteiger partial charge in [-0.25, -0.2) is 8.42 Å². The van der Waals surface area contributed by atoms with E-state index in [0.717, 1.165) is 13.0 Å². The number of methoxy groups -OCH3 is 1. The van der Waals surface area contributed by atoms with E-state index in [-0.39, 0.29) is 17.5 Å². The van der Waals surface area contributed by atoms with Gasteiger partial charge in [0.05, 0.1) is 11.5 Å². The van der Waals surface area contributed by atoms with Crippen molar-refractivity contribution >= 4 is 9.84 Å². The molecule has 0 aliphatic rings. The van der Waals surface area contributed by atoms with Crippen molar-refractivity contribution in [2.24, 2.45) is 5.92 Å². The molecule has 1 N–H and O–H groups in total. The highest BCUT2D eigenvalue weighted by atomic mass is 32.2. The topological polar surface area (TPSA) is 55.4 Å². The molecule has 0 fully saturated rings. The number of hydrogen-bond donors (Lipinski definition) is 1. The average Bonchev–Trinajstić information content (AvgIpc) is 2.27. The Hall–Kier alpha value is -0.130. The van der Waals surface area contributed by atoms with Gasteiger partial charge < -0.3 is 10.1 Å². The lowest BCUT2D eigenvalue weighted by atomic mass is 10.0. The van der Waals surface area contributed by atoms with Gasteiger partial charge in [-0.2, -0.15) is 0 Å². The molecule has 0 saturated heterocycles. The van der Waals surface area contributed by atoms with Crippen LogP contribution in [0.1, 0.15) is 33.6 Å². The van der Waals surface area contributed by atoms with Crippen LogP contribution in [0.3, 0.4) is 0 Å². The van der Waals surface area contributed by atoms with Crippen molar-refractivity contribution in [2.45, 2.75) is 39.7 Å². The van der Waals surface area contributed by atoms with Crippen LogP contribution >= 0.6 is 0 Å². The van der Waals surface area contributed by atoms with E-state index in [1.807, 2.05) is 6.92 Å². The fraction of sp³-hybridized carbons (Fsp3) is 1.00. The van der Waals surface area contributed by atoms with Crippen LogP contribution in [0.2, 0.25) is 0 Å². The van der Waals surface area contributed by atoms with Crippen molar-refractivity contribution in [3.05, 3.63) is 0 Å². The molecule has 4 nitrogen and oxygen atoms in total. The van der Waals surface area contributed by atoms with E-state index < -0.39 is 9.84 Å². The van der Waals surface area contributed by atoms with Crippen LogP contribution in [0.25, 0.3) is 0 Å². The number of sulfone groups is 1. The van der Waals surface area contributed by atoms with E-state index in [4.69, 9.17) is 4.74 Å². The molecule has 0 heterocycles. The maximum atomic E-state index is 11.9. The van der Waals surface area contributed by atoms with E-state index in [2.05, 4.69) is 19.2 Å². The van der Waals surface area contributed by atoms with E-state index >= 15 is 0 Å². The number of rotatable bonds is 10. The molecule has 0 aliphatic heterocycles. The summed E-state index contributed by atoms with van der Waals surface area (Å²) in [5.41, 5.74) is 0. The average molecular weight is 265 g/mol. The van der Waals surface area contributed by atoms with Crippen molar-refractivity contribution in [1.29, 1.82) is 0 Å². The van der Waals surface area contributed by atoms with Gasteiger partial charge in [-0.15, -0.1) is 0 Å². The zero-order valence-corrected chi connectivity index (χ0v) is 12.3. The van der Waals surface area contributed by atoms with Crippen LogP contribution in [0.15, 0.2) is 0 Å². The van der Waals surface area contributed by atoms with Crippen LogP contribution < -0.4 is 5.32 Å². The molecule has 17 heavy (non-hydrogen) atoms. The van der Waals surface area contributed by atoms with Gasteiger partial charge in [0.1, 0.15) is 0 Å².